The Morgan fingerprint density at radius 2 is 2.28 bits per heavy atom. The van der Waals surface area contributed by atoms with Gasteiger partial charge in [0.05, 0.1) is 13.2 Å². The molecule has 0 amide bonds. The Hall–Kier alpha value is -0.740. The van der Waals surface area contributed by atoms with Crippen LogP contribution in [0.1, 0.15) is 24.8 Å². The summed E-state index contributed by atoms with van der Waals surface area (Å²) in [4.78, 5) is 0. The van der Waals surface area contributed by atoms with Crippen molar-refractivity contribution in [2.75, 3.05) is 20.3 Å². The highest BCUT2D eigenvalue weighted by Crippen LogP contribution is 2.32. The zero-order chi connectivity index (χ0) is 12.8. The van der Waals surface area contributed by atoms with E-state index in [-0.39, 0.29) is 6.10 Å². The Morgan fingerprint density at radius 3 is 2.94 bits per heavy atom. The second-order valence-corrected chi connectivity index (χ2v) is 4.94. The number of rotatable bonds is 5. The lowest BCUT2D eigenvalue weighted by molar-refractivity contribution is -0.0116. The molecule has 1 aliphatic heterocycles. The van der Waals surface area contributed by atoms with Gasteiger partial charge in [0, 0.05) is 17.5 Å². The summed E-state index contributed by atoms with van der Waals surface area (Å²) < 4.78 is 16.9. The standard InChI is InChI=1S/C14H19BrO3/c1-16-13-7-4-5-11(9-15)14(13)18-10-12-6-2-3-8-17-12/h4-5,7,12H,2-3,6,8-10H2,1H3. The molecule has 0 aliphatic carbocycles. The van der Waals surface area contributed by atoms with Crippen LogP contribution in [0.25, 0.3) is 0 Å². The number of halogens is 1. The molecule has 2 rings (SSSR count). The molecular weight excluding hydrogens is 296 g/mol. The number of para-hydroxylation sites is 1. The first-order valence-corrected chi connectivity index (χ1v) is 7.43. The SMILES string of the molecule is COc1cccc(CBr)c1OCC1CCCCO1. The zero-order valence-corrected chi connectivity index (χ0v) is 12.2. The molecule has 1 saturated heterocycles. The van der Waals surface area contributed by atoms with Crippen molar-refractivity contribution in [3.8, 4) is 11.5 Å². The van der Waals surface area contributed by atoms with E-state index in [1.165, 1.54) is 6.42 Å². The summed E-state index contributed by atoms with van der Waals surface area (Å²) in [6.07, 6.45) is 3.69. The summed E-state index contributed by atoms with van der Waals surface area (Å²) in [5.41, 5.74) is 1.10. The van der Waals surface area contributed by atoms with E-state index in [0.717, 1.165) is 41.8 Å². The van der Waals surface area contributed by atoms with Crippen LogP contribution in [0.3, 0.4) is 0 Å². The second-order valence-electron chi connectivity index (χ2n) is 4.38. The van der Waals surface area contributed by atoms with Crippen LogP contribution < -0.4 is 9.47 Å². The minimum Gasteiger partial charge on any atom is -0.493 e. The van der Waals surface area contributed by atoms with E-state index in [2.05, 4.69) is 15.9 Å². The summed E-state index contributed by atoms with van der Waals surface area (Å²) in [5, 5.41) is 0.755. The first-order valence-electron chi connectivity index (χ1n) is 6.31. The van der Waals surface area contributed by atoms with Gasteiger partial charge in [0.25, 0.3) is 0 Å². The van der Waals surface area contributed by atoms with Crippen molar-refractivity contribution >= 4 is 15.9 Å². The number of alkyl halides is 1. The monoisotopic (exact) mass is 314 g/mol. The van der Waals surface area contributed by atoms with E-state index in [0.29, 0.717) is 6.61 Å². The third kappa shape index (κ3) is 3.39. The number of hydrogen-bond acceptors (Lipinski definition) is 3. The molecule has 0 saturated carbocycles. The number of ether oxygens (including phenoxy) is 3. The second kappa shape index (κ2) is 7.00. The highest BCUT2D eigenvalue weighted by atomic mass is 79.9. The van der Waals surface area contributed by atoms with Crippen LogP contribution in [0, 0.1) is 0 Å². The highest BCUT2D eigenvalue weighted by molar-refractivity contribution is 9.08. The lowest BCUT2D eigenvalue weighted by atomic mass is 10.1. The van der Waals surface area contributed by atoms with Gasteiger partial charge in [0.2, 0.25) is 0 Å². The van der Waals surface area contributed by atoms with Gasteiger partial charge in [0.15, 0.2) is 11.5 Å². The molecule has 1 heterocycles. The fourth-order valence-corrected chi connectivity index (χ4v) is 2.55. The Labute approximate surface area is 117 Å². The van der Waals surface area contributed by atoms with Crippen molar-refractivity contribution in [1.82, 2.24) is 0 Å². The predicted octanol–water partition coefficient (Wildman–Crippen LogP) is 3.54. The molecule has 0 radical (unpaired) electrons. The van der Waals surface area contributed by atoms with Gasteiger partial charge in [0.1, 0.15) is 6.61 Å². The molecule has 1 fully saturated rings. The first kappa shape index (κ1) is 13.7. The molecule has 1 unspecified atom stereocenters. The van der Waals surface area contributed by atoms with E-state index in [1.807, 2.05) is 18.2 Å². The largest absolute Gasteiger partial charge is 0.493 e. The average molecular weight is 315 g/mol. The molecule has 1 aromatic carbocycles. The Balaban J connectivity index is 2.02. The Bertz CT molecular complexity index is 353. The summed E-state index contributed by atoms with van der Waals surface area (Å²) in [5.74, 6) is 1.61. The van der Waals surface area contributed by atoms with Gasteiger partial charge in [-0.1, -0.05) is 28.1 Å². The molecule has 18 heavy (non-hydrogen) atoms. The fourth-order valence-electron chi connectivity index (χ4n) is 2.11. The van der Waals surface area contributed by atoms with E-state index < -0.39 is 0 Å². The summed E-state index contributed by atoms with van der Waals surface area (Å²) >= 11 is 3.47. The summed E-state index contributed by atoms with van der Waals surface area (Å²) in [6, 6.07) is 5.93. The number of methoxy groups -OCH3 is 1. The molecule has 1 atom stereocenters. The summed E-state index contributed by atoms with van der Waals surface area (Å²) in [7, 11) is 1.66. The molecule has 100 valence electrons. The smallest absolute Gasteiger partial charge is 0.165 e. The topological polar surface area (TPSA) is 27.7 Å². The van der Waals surface area contributed by atoms with E-state index >= 15 is 0 Å². The van der Waals surface area contributed by atoms with E-state index in [1.54, 1.807) is 7.11 Å². The number of hydrogen-bond donors (Lipinski definition) is 0. The lowest BCUT2D eigenvalue weighted by Crippen LogP contribution is -2.26. The van der Waals surface area contributed by atoms with Gasteiger partial charge >= 0.3 is 0 Å². The van der Waals surface area contributed by atoms with E-state index in [9.17, 15) is 0 Å². The molecule has 0 spiro atoms. The summed E-state index contributed by atoms with van der Waals surface area (Å²) in [6.45, 7) is 1.45. The van der Waals surface area contributed by atoms with Crippen molar-refractivity contribution in [3.63, 3.8) is 0 Å². The van der Waals surface area contributed by atoms with Crippen LogP contribution in [0.5, 0.6) is 11.5 Å². The lowest BCUT2D eigenvalue weighted by Gasteiger charge is -2.23. The third-order valence-corrected chi connectivity index (χ3v) is 3.72. The van der Waals surface area contributed by atoms with Crippen LogP contribution in [-0.4, -0.2) is 26.4 Å². The average Bonchev–Trinajstić information content (AvgIpc) is 2.45. The molecule has 0 aromatic heterocycles. The maximum atomic E-state index is 5.91. The molecule has 1 aromatic rings. The van der Waals surface area contributed by atoms with Crippen LogP contribution in [-0.2, 0) is 10.1 Å². The van der Waals surface area contributed by atoms with Crippen LogP contribution in [0.15, 0.2) is 18.2 Å². The maximum absolute atomic E-state index is 5.91. The van der Waals surface area contributed by atoms with Gasteiger partial charge in [-0.2, -0.15) is 0 Å². The normalized spacial score (nSPS) is 19.6. The first-order chi connectivity index (χ1) is 8.85. The minimum atomic E-state index is 0.215. The molecule has 0 bridgehead atoms. The molecule has 1 aliphatic rings. The van der Waals surface area contributed by atoms with E-state index in [4.69, 9.17) is 14.2 Å². The minimum absolute atomic E-state index is 0.215. The van der Waals surface area contributed by atoms with Gasteiger partial charge < -0.3 is 14.2 Å². The van der Waals surface area contributed by atoms with Gasteiger partial charge in [-0.05, 0) is 25.3 Å². The zero-order valence-electron chi connectivity index (χ0n) is 10.7. The number of benzene rings is 1. The van der Waals surface area contributed by atoms with Gasteiger partial charge in [-0.25, -0.2) is 0 Å². The van der Waals surface area contributed by atoms with Crippen molar-refractivity contribution < 1.29 is 14.2 Å². The molecule has 4 heteroatoms. The van der Waals surface area contributed by atoms with Crippen LogP contribution >= 0.6 is 15.9 Å². The molecular formula is C14H19BrO3. The van der Waals surface area contributed by atoms with Crippen molar-refractivity contribution in [1.29, 1.82) is 0 Å². The Kier molecular flexibility index (Phi) is 5.32. The van der Waals surface area contributed by atoms with Crippen molar-refractivity contribution in [3.05, 3.63) is 23.8 Å². The maximum Gasteiger partial charge on any atom is 0.165 e. The fraction of sp³-hybridized carbons (Fsp3) is 0.571. The van der Waals surface area contributed by atoms with Gasteiger partial charge in [-0.3, -0.25) is 0 Å². The predicted molar refractivity (Wildman–Crippen MR) is 74.7 cm³/mol. The van der Waals surface area contributed by atoms with Crippen molar-refractivity contribution in [2.45, 2.75) is 30.7 Å². The third-order valence-electron chi connectivity index (χ3n) is 3.11. The molecule has 0 N–H and O–H groups in total. The van der Waals surface area contributed by atoms with Gasteiger partial charge in [-0.15, -0.1) is 0 Å². The highest BCUT2D eigenvalue weighted by Gasteiger charge is 2.17. The van der Waals surface area contributed by atoms with Crippen LogP contribution in [0.2, 0.25) is 0 Å². The molecule has 3 nitrogen and oxygen atoms in total. The Morgan fingerprint density at radius 1 is 1.39 bits per heavy atom. The van der Waals surface area contributed by atoms with Crippen molar-refractivity contribution in [2.24, 2.45) is 0 Å². The quantitative estimate of drug-likeness (QED) is 0.778. The van der Waals surface area contributed by atoms with Crippen LogP contribution in [0.4, 0.5) is 0 Å².